The van der Waals surface area contributed by atoms with Crippen LogP contribution in [-0.2, 0) is 13.0 Å². The van der Waals surface area contributed by atoms with Gasteiger partial charge in [-0.15, -0.1) is 0 Å². The molecule has 3 heteroatoms. The van der Waals surface area contributed by atoms with Gasteiger partial charge in [0.2, 0.25) is 0 Å². The smallest absolute Gasteiger partial charge is 0.111 e. The minimum absolute atomic E-state index is 0.483. The molecule has 2 rings (SSSR count). The van der Waals surface area contributed by atoms with Crippen LogP contribution < -0.4 is 0 Å². The lowest BCUT2D eigenvalue weighted by Crippen LogP contribution is -2.09. The molecule has 0 saturated carbocycles. The first-order valence-electron chi connectivity index (χ1n) is 6.45. The fourth-order valence-corrected chi connectivity index (χ4v) is 2.14. The van der Waals surface area contributed by atoms with Gasteiger partial charge in [0, 0.05) is 25.4 Å². The molecule has 1 heterocycles. The van der Waals surface area contributed by atoms with Gasteiger partial charge in [0.15, 0.2) is 0 Å². The van der Waals surface area contributed by atoms with Crippen molar-refractivity contribution in [2.75, 3.05) is 0 Å². The summed E-state index contributed by atoms with van der Waals surface area (Å²) in [5.41, 5.74) is 2.13. The number of aromatic nitrogens is 2. The first-order chi connectivity index (χ1) is 8.70. The highest BCUT2D eigenvalue weighted by atomic mass is 16.3. The summed E-state index contributed by atoms with van der Waals surface area (Å²) in [5.74, 6) is 0.950. The van der Waals surface area contributed by atoms with Crippen LogP contribution in [0, 0.1) is 6.92 Å². The van der Waals surface area contributed by atoms with Crippen LogP contribution in [0.3, 0.4) is 0 Å². The Morgan fingerprint density at radius 2 is 2.22 bits per heavy atom. The van der Waals surface area contributed by atoms with Gasteiger partial charge in [-0.1, -0.05) is 36.8 Å². The summed E-state index contributed by atoms with van der Waals surface area (Å²) in [4.78, 5) is 4.33. The summed E-state index contributed by atoms with van der Waals surface area (Å²) in [6.07, 6.45) is 4.93. The lowest BCUT2D eigenvalue weighted by atomic mass is 10.0. The molecular weight excluding hydrogens is 224 g/mol. The standard InChI is InChI=1S/C15H20N2O/c1-3-8-17-9-7-16-15(17)11-14(18)13-6-4-5-12(2)10-13/h4-7,9-10,14,18H,3,8,11H2,1-2H3. The molecular formula is C15H20N2O. The largest absolute Gasteiger partial charge is 0.388 e. The van der Waals surface area contributed by atoms with Crippen molar-refractivity contribution in [3.63, 3.8) is 0 Å². The molecule has 1 N–H and O–H groups in total. The van der Waals surface area contributed by atoms with E-state index in [4.69, 9.17) is 0 Å². The molecule has 0 fully saturated rings. The summed E-state index contributed by atoms with van der Waals surface area (Å²) in [6, 6.07) is 8.00. The van der Waals surface area contributed by atoms with E-state index < -0.39 is 6.10 Å². The zero-order valence-corrected chi connectivity index (χ0v) is 11.0. The third-order valence-corrected chi connectivity index (χ3v) is 3.07. The number of aliphatic hydroxyl groups excluding tert-OH is 1. The Morgan fingerprint density at radius 1 is 1.39 bits per heavy atom. The molecule has 0 radical (unpaired) electrons. The van der Waals surface area contributed by atoms with Crippen molar-refractivity contribution in [3.8, 4) is 0 Å². The molecule has 1 unspecified atom stereocenters. The van der Waals surface area contributed by atoms with Crippen molar-refractivity contribution >= 4 is 0 Å². The Labute approximate surface area is 108 Å². The van der Waals surface area contributed by atoms with Gasteiger partial charge in [0.1, 0.15) is 5.82 Å². The first kappa shape index (κ1) is 12.8. The number of imidazole rings is 1. The van der Waals surface area contributed by atoms with Crippen molar-refractivity contribution in [1.82, 2.24) is 9.55 Å². The van der Waals surface area contributed by atoms with E-state index in [1.807, 2.05) is 37.4 Å². The van der Waals surface area contributed by atoms with Gasteiger partial charge in [0.25, 0.3) is 0 Å². The van der Waals surface area contributed by atoms with Gasteiger partial charge in [-0.05, 0) is 18.9 Å². The Morgan fingerprint density at radius 3 is 2.94 bits per heavy atom. The fourth-order valence-electron chi connectivity index (χ4n) is 2.14. The predicted octanol–water partition coefficient (Wildman–Crippen LogP) is 2.88. The molecule has 0 saturated heterocycles. The van der Waals surface area contributed by atoms with Gasteiger partial charge in [-0.3, -0.25) is 0 Å². The van der Waals surface area contributed by atoms with Gasteiger partial charge in [0.05, 0.1) is 6.10 Å². The van der Waals surface area contributed by atoms with Gasteiger partial charge in [-0.25, -0.2) is 4.98 Å². The minimum atomic E-state index is -0.483. The highest BCUT2D eigenvalue weighted by Crippen LogP contribution is 2.18. The van der Waals surface area contributed by atoms with Crippen LogP contribution in [0.2, 0.25) is 0 Å². The third-order valence-electron chi connectivity index (χ3n) is 3.07. The maximum atomic E-state index is 10.3. The highest BCUT2D eigenvalue weighted by Gasteiger charge is 2.12. The van der Waals surface area contributed by atoms with Crippen molar-refractivity contribution in [3.05, 3.63) is 53.6 Å². The van der Waals surface area contributed by atoms with Crippen LogP contribution in [0.25, 0.3) is 0 Å². The minimum Gasteiger partial charge on any atom is -0.388 e. The van der Waals surface area contributed by atoms with Gasteiger partial charge < -0.3 is 9.67 Å². The number of hydrogen-bond acceptors (Lipinski definition) is 2. The Kier molecular flexibility index (Phi) is 4.15. The predicted molar refractivity (Wildman–Crippen MR) is 72.4 cm³/mol. The normalized spacial score (nSPS) is 12.6. The second-order valence-electron chi connectivity index (χ2n) is 4.67. The molecule has 1 aromatic heterocycles. The van der Waals surface area contributed by atoms with Gasteiger partial charge >= 0.3 is 0 Å². The van der Waals surface area contributed by atoms with E-state index in [2.05, 4.69) is 16.5 Å². The second kappa shape index (κ2) is 5.83. The molecule has 0 aliphatic rings. The lowest BCUT2D eigenvalue weighted by Gasteiger charge is -2.12. The quantitative estimate of drug-likeness (QED) is 0.878. The van der Waals surface area contributed by atoms with Crippen LogP contribution in [0.5, 0.6) is 0 Å². The zero-order chi connectivity index (χ0) is 13.0. The summed E-state index contributed by atoms with van der Waals surface area (Å²) in [6.45, 7) is 5.13. The van der Waals surface area contributed by atoms with E-state index in [9.17, 15) is 5.11 Å². The maximum Gasteiger partial charge on any atom is 0.111 e. The summed E-state index contributed by atoms with van der Waals surface area (Å²) in [5, 5.41) is 10.3. The lowest BCUT2D eigenvalue weighted by molar-refractivity contribution is 0.174. The SMILES string of the molecule is CCCn1ccnc1CC(O)c1cccc(C)c1. The van der Waals surface area contributed by atoms with Crippen LogP contribution >= 0.6 is 0 Å². The molecule has 18 heavy (non-hydrogen) atoms. The Balaban J connectivity index is 2.11. The van der Waals surface area contributed by atoms with E-state index in [0.717, 1.165) is 24.4 Å². The molecule has 2 aromatic rings. The second-order valence-corrected chi connectivity index (χ2v) is 4.67. The van der Waals surface area contributed by atoms with Crippen LogP contribution in [0.4, 0.5) is 0 Å². The molecule has 96 valence electrons. The molecule has 0 amide bonds. The van der Waals surface area contributed by atoms with Gasteiger partial charge in [-0.2, -0.15) is 0 Å². The Hall–Kier alpha value is -1.61. The van der Waals surface area contributed by atoms with Crippen molar-refractivity contribution in [2.45, 2.75) is 39.3 Å². The number of aryl methyl sites for hydroxylation is 2. The molecule has 1 atom stereocenters. The summed E-state index contributed by atoms with van der Waals surface area (Å²) < 4.78 is 2.11. The number of rotatable bonds is 5. The average molecular weight is 244 g/mol. The van der Waals surface area contributed by atoms with Crippen LogP contribution in [0.15, 0.2) is 36.7 Å². The molecule has 0 bridgehead atoms. The van der Waals surface area contributed by atoms with Crippen molar-refractivity contribution in [2.24, 2.45) is 0 Å². The van der Waals surface area contributed by atoms with E-state index >= 15 is 0 Å². The topological polar surface area (TPSA) is 38.0 Å². The van der Waals surface area contributed by atoms with E-state index in [1.165, 1.54) is 5.56 Å². The van der Waals surface area contributed by atoms with E-state index in [0.29, 0.717) is 6.42 Å². The first-order valence-corrected chi connectivity index (χ1v) is 6.45. The fraction of sp³-hybridized carbons (Fsp3) is 0.400. The highest BCUT2D eigenvalue weighted by molar-refractivity contribution is 5.24. The number of aliphatic hydroxyl groups is 1. The van der Waals surface area contributed by atoms with Crippen LogP contribution in [0.1, 0.15) is 36.4 Å². The monoisotopic (exact) mass is 244 g/mol. The maximum absolute atomic E-state index is 10.3. The molecule has 0 aliphatic carbocycles. The van der Waals surface area contributed by atoms with Crippen molar-refractivity contribution < 1.29 is 5.11 Å². The van der Waals surface area contributed by atoms with Crippen LogP contribution in [-0.4, -0.2) is 14.7 Å². The third kappa shape index (κ3) is 2.99. The molecule has 1 aromatic carbocycles. The Bertz CT molecular complexity index is 505. The summed E-state index contributed by atoms with van der Waals surface area (Å²) >= 11 is 0. The average Bonchev–Trinajstić information content (AvgIpc) is 2.77. The number of nitrogens with zero attached hydrogens (tertiary/aromatic N) is 2. The summed E-state index contributed by atoms with van der Waals surface area (Å²) in [7, 11) is 0. The number of benzene rings is 1. The molecule has 0 spiro atoms. The molecule has 0 aliphatic heterocycles. The van der Waals surface area contributed by atoms with Crippen molar-refractivity contribution in [1.29, 1.82) is 0 Å². The van der Waals surface area contributed by atoms with E-state index in [1.54, 1.807) is 6.20 Å². The number of hydrogen-bond donors (Lipinski definition) is 1. The zero-order valence-electron chi connectivity index (χ0n) is 11.0. The van der Waals surface area contributed by atoms with E-state index in [-0.39, 0.29) is 0 Å². The molecule has 3 nitrogen and oxygen atoms in total.